The van der Waals surface area contributed by atoms with Crippen molar-refractivity contribution in [2.75, 3.05) is 13.1 Å². The fraction of sp³-hybridized carbons (Fsp3) is 0.500. The summed E-state index contributed by atoms with van der Waals surface area (Å²) in [5.74, 6) is -0.364. The molecule has 0 bridgehead atoms. The van der Waals surface area contributed by atoms with Crippen molar-refractivity contribution in [1.82, 2.24) is 19.4 Å². The Morgan fingerprint density at radius 1 is 1.05 bits per heavy atom. The second kappa shape index (κ2) is 10.2. The third kappa shape index (κ3) is 5.66. The monoisotopic (exact) mass is 518 g/mol. The molecular weight excluding hydrogens is 489 g/mol. The average molecular weight is 519 g/mol. The summed E-state index contributed by atoms with van der Waals surface area (Å²) in [6.45, 7) is 0.827. The van der Waals surface area contributed by atoms with Gasteiger partial charge in [-0.1, -0.05) is 6.42 Å². The van der Waals surface area contributed by atoms with Gasteiger partial charge >= 0.3 is 12.1 Å². The van der Waals surface area contributed by atoms with Crippen molar-refractivity contribution in [2.45, 2.75) is 69.4 Å². The molecule has 0 unspecified atom stereocenters. The predicted molar refractivity (Wildman–Crippen MR) is 129 cm³/mol. The number of H-pyrrole nitrogens is 1. The molecule has 2 fully saturated rings. The molecule has 2 atom stereocenters. The van der Waals surface area contributed by atoms with Gasteiger partial charge in [-0.15, -0.1) is 13.2 Å². The van der Waals surface area contributed by atoms with E-state index in [1.165, 1.54) is 12.1 Å². The molecule has 1 amide bonds. The molecule has 1 aliphatic heterocycles. The van der Waals surface area contributed by atoms with Gasteiger partial charge in [0.1, 0.15) is 5.75 Å². The molecule has 198 valence electrons. The molecule has 1 saturated heterocycles. The molecule has 37 heavy (non-hydrogen) atoms. The Hall–Kier alpha value is -3.34. The fourth-order valence-electron chi connectivity index (χ4n) is 5.53. The van der Waals surface area contributed by atoms with Gasteiger partial charge in [0.2, 0.25) is 0 Å². The number of nitrogens with one attached hydrogen (secondary N) is 1. The van der Waals surface area contributed by atoms with E-state index >= 15 is 0 Å². The van der Waals surface area contributed by atoms with E-state index in [9.17, 15) is 27.9 Å². The first kappa shape index (κ1) is 25.3. The summed E-state index contributed by atoms with van der Waals surface area (Å²) in [5.41, 5.74) is 2.39. The molecule has 8 nitrogen and oxygen atoms in total. The first-order chi connectivity index (χ1) is 17.7. The van der Waals surface area contributed by atoms with E-state index in [2.05, 4.69) is 14.7 Å². The number of amides is 1. The number of carbonyl (C=O) groups excluding carboxylic acids is 1. The number of benzene rings is 1. The minimum atomic E-state index is -4.79. The van der Waals surface area contributed by atoms with Crippen LogP contribution < -0.4 is 10.4 Å². The van der Waals surface area contributed by atoms with Crippen LogP contribution in [0.4, 0.5) is 13.2 Å². The molecule has 2 N–H and O–H groups in total. The third-order valence-corrected chi connectivity index (χ3v) is 7.45. The van der Waals surface area contributed by atoms with Crippen molar-refractivity contribution < 1.29 is 27.8 Å². The Labute approximate surface area is 211 Å². The summed E-state index contributed by atoms with van der Waals surface area (Å²) in [6, 6.07) is 6.81. The maximum atomic E-state index is 12.9. The van der Waals surface area contributed by atoms with Crippen LogP contribution in [0.25, 0.3) is 11.2 Å². The Morgan fingerprint density at radius 3 is 2.49 bits per heavy atom. The van der Waals surface area contributed by atoms with E-state index < -0.39 is 6.36 Å². The van der Waals surface area contributed by atoms with Gasteiger partial charge in [-0.2, -0.15) is 0 Å². The lowest BCUT2D eigenvalue weighted by molar-refractivity contribution is -0.274. The van der Waals surface area contributed by atoms with Crippen LogP contribution in [0.2, 0.25) is 0 Å². The fourth-order valence-corrected chi connectivity index (χ4v) is 5.53. The molecule has 1 saturated carbocycles. The summed E-state index contributed by atoms with van der Waals surface area (Å²) >= 11 is 0. The first-order valence-electron chi connectivity index (χ1n) is 12.6. The molecule has 2 aromatic heterocycles. The number of aromatic amines is 1. The van der Waals surface area contributed by atoms with E-state index in [0.29, 0.717) is 37.5 Å². The number of rotatable bonds is 4. The number of fused-ring (bicyclic) bond motifs is 1. The molecule has 0 spiro atoms. The average Bonchev–Trinajstić information content (AvgIpc) is 3.03. The van der Waals surface area contributed by atoms with Crippen LogP contribution in [-0.2, 0) is 0 Å². The highest BCUT2D eigenvalue weighted by molar-refractivity contribution is 5.94. The number of imidazole rings is 1. The zero-order valence-electron chi connectivity index (χ0n) is 20.2. The maximum Gasteiger partial charge on any atom is 0.573 e. The number of ether oxygens (including phenoxy) is 1. The van der Waals surface area contributed by atoms with Crippen molar-refractivity contribution in [1.29, 1.82) is 0 Å². The second-order valence-corrected chi connectivity index (χ2v) is 9.89. The highest BCUT2D eigenvalue weighted by Gasteiger charge is 2.31. The minimum absolute atomic E-state index is 0.110. The largest absolute Gasteiger partial charge is 0.573 e. The number of aromatic nitrogens is 3. The number of alkyl halides is 3. The van der Waals surface area contributed by atoms with Crippen LogP contribution in [0.3, 0.4) is 0 Å². The second-order valence-electron chi connectivity index (χ2n) is 9.89. The number of hydrogen-bond donors (Lipinski definition) is 2. The highest BCUT2D eigenvalue weighted by Crippen LogP contribution is 2.33. The summed E-state index contributed by atoms with van der Waals surface area (Å²) in [5, 5.41) is 9.99. The number of carbonyl (C=O) groups is 1. The molecule has 3 aromatic rings. The van der Waals surface area contributed by atoms with Crippen LogP contribution in [0, 0.1) is 0 Å². The Morgan fingerprint density at radius 2 is 1.78 bits per heavy atom. The van der Waals surface area contributed by atoms with Crippen LogP contribution >= 0.6 is 0 Å². The molecule has 1 aromatic carbocycles. The Bertz CT molecular complexity index is 1310. The van der Waals surface area contributed by atoms with Crippen molar-refractivity contribution in [3.63, 3.8) is 0 Å². The lowest BCUT2D eigenvalue weighted by Gasteiger charge is -2.32. The van der Waals surface area contributed by atoms with E-state index in [1.54, 1.807) is 9.47 Å². The van der Waals surface area contributed by atoms with Gasteiger partial charge in [0.15, 0.2) is 5.65 Å². The molecule has 1 aliphatic carbocycles. The molecule has 11 heteroatoms. The van der Waals surface area contributed by atoms with Crippen molar-refractivity contribution in [2.24, 2.45) is 0 Å². The molecular formula is C26H29F3N4O4. The number of aliphatic hydroxyl groups is 1. The standard InChI is InChI=1S/C26H29F3N4O4/c27-26(28,29)37-21-8-5-17(6-9-21)24(35)32-12-10-19(11-13-32)33-22-14-18(15-30-23(22)31-25(33)36)16-2-1-3-20(34)7-4-16/h5-6,8-9,14-16,19-20,34H,1-4,7,10-13H2,(H,30,31,36)/t16-,20+/m0/s1. The maximum absolute atomic E-state index is 12.9. The zero-order valence-corrected chi connectivity index (χ0v) is 20.2. The van der Waals surface area contributed by atoms with Gasteiger partial charge in [-0.05, 0) is 80.3 Å². The number of nitrogens with zero attached hydrogens (tertiary/aromatic N) is 3. The molecule has 5 rings (SSSR count). The van der Waals surface area contributed by atoms with Crippen LogP contribution in [0.15, 0.2) is 41.3 Å². The van der Waals surface area contributed by atoms with E-state index in [1.807, 2.05) is 12.3 Å². The van der Waals surface area contributed by atoms with Crippen molar-refractivity contribution >= 4 is 17.1 Å². The lowest BCUT2D eigenvalue weighted by atomic mass is 9.93. The summed E-state index contributed by atoms with van der Waals surface area (Å²) in [4.78, 5) is 34.8. The molecule has 2 aliphatic rings. The smallest absolute Gasteiger partial charge is 0.406 e. The van der Waals surface area contributed by atoms with Crippen molar-refractivity contribution in [3.8, 4) is 5.75 Å². The van der Waals surface area contributed by atoms with Gasteiger partial charge in [0, 0.05) is 30.9 Å². The normalized spacial score (nSPS) is 21.7. The summed E-state index contributed by atoms with van der Waals surface area (Å²) < 4.78 is 42.7. The van der Waals surface area contributed by atoms with E-state index in [4.69, 9.17) is 0 Å². The summed E-state index contributed by atoms with van der Waals surface area (Å²) in [7, 11) is 0. The number of hydrogen-bond acceptors (Lipinski definition) is 5. The SMILES string of the molecule is O=C(c1ccc(OC(F)(F)F)cc1)N1CCC(n2c(=O)[nH]c3ncc([C@H]4CCC[C@@H](O)CC4)cc32)CC1. The third-order valence-electron chi connectivity index (χ3n) is 7.45. The number of pyridine rings is 1. The molecule has 0 radical (unpaired) electrons. The topological polar surface area (TPSA) is 100 Å². The number of piperidine rings is 1. The lowest BCUT2D eigenvalue weighted by Crippen LogP contribution is -2.40. The van der Waals surface area contributed by atoms with E-state index in [-0.39, 0.29) is 35.1 Å². The predicted octanol–water partition coefficient (Wildman–Crippen LogP) is 4.51. The Kier molecular flexibility index (Phi) is 6.98. The van der Waals surface area contributed by atoms with Gasteiger partial charge in [-0.3, -0.25) is 14.3 Å². The van der Waals surface area contributed by atoms with E-state index in [0.717, 1.165) is 55.3 Å². The first-order valence-corrected chi connectivity index (χ1v) is 12.6. The number of halogens is 3. The van der Waals surface area contributed by atoms with Crippen LogP contribution in [0.5, 0.6) is 5.75 Å². The van der Waals surface area contributed by atoms with Crippen molar-refractivity contribution in [3.05, 3.63) is 58.1 Å². The summed E-state index contributed by atoms with van der Waals surface area (Å²) in [6.07, 6.45) is 2.27. The number of aliphatic hydroxyl groups excluding tert-OH is 1. The van der Waals surface area contributed by atoms with Gasteiger partial charge in [-0.25, -0.2) is 9.78 Å². The molecule has 3 heterocycles. The van der Waals surface area contributed by atoms with Gasteiger partial charge < -0.3 is 14.7 Å². The highest BCUT2D eigenvalue weighted by atomic mass is 19.4. The van der Waals surface area contributed by atoms with Gasteiger partial charge in [0.25, 0.3) is 5.91 Å². The zero-order chi connectivity index (χ0) is 26.2. The van der Waals surface area contributed by atoms with Crippen LogP contribution in [0.1, 0.15) is 72.8 Å². The van der Waals surface area contributed by atoms with Crippen LogP contribution in [-0.4, -0.2) is 56.0 Å². The number of likely N-dealkylation sites (tertiary alicyclic amines) is 1. The van der Waals surface area contributed by atoms with Gasteiger partial charge in [0.05, 0.1) is 11.6 Å². The minimum Gasteiger partial charge on any atom is -0.406 e. The quantitative estimate of drug-likeness (QED) is 0.495. The Balaban J connectivity index is 1.28.